The van der Waals surface area contributed by atoms with Gasteiger partial charge in [0.1, 0.15) is 0 Å². The molecule has 0 saturated heterocycles. The topological polar surface area (TPSA) is 66.5 Å². The summed E-state index contributed by atoms with van der Waals surface area (Å²) in [6, 6.07) is 0. The van der Waals surface area contributed by atoms with E-state index in [2.05, 4.69) is 46.8 Å². The highest BCUT2D eigenvalue weighted by Gasteiger charge is 2.67. The molecule has 3 saturated carbocycles. The van der Waals surface area contributed by atoms with E-state index in [0.29, 0.717) is 16.7 Å². The Kier molecular flexibility index (Phi) is 4.73. The van der Waals surface area contributed by atoms with Gasteiger partial charge in [0.25, 0.3) is 0 Å². The lowest BCUT2D eigenvalue weighted by Gasteiger charge is -2.71. The minimum Gasteiger partial charge on any atom is -0.504 e. The highest BCUT2D eigenvalue weighted by Crippen LogP contribution is 2.74. The van der Waals surface area contributed by atoms with Gasteiger partial charge in [-0.3, -0.25) is 0 Å². The van der Waals surface area contributed by atoms with Gasteiger partial charge in [-0.2, -0.15) is 0 Å². The van der Waals surface area contributed by atoms with Gasteiger partial charge in [0.2, 0.25) is 0 Å². The van der Waals surface area contributed by atoms with Gasteiger partial charge in [0.05, 0.1) is 0 Å². The smallest absolute Gasteiger partial charge is 0.162 e. The summed E-state index contributed by atoms with van der Waals surface area (Å²) in [5, 5.41) is 21.4. The number of phenols is 2. The fourth-order valence-electron chi connectivity index (χ4n) is 9.33. The molecule has 1 aromatic carbocycles. The molecule has 0 amide bonds. The second-order valence-corrected chi connectivity index (χ2v) is 13.0. The van der Waals surface area contributed by atoms with E-state index >= 15 is 0 Å². The van der Waals surface area contributed by atoms with Crippen LogP contribution in [-0.2, 0) is 12.0 Å². The first-order valence-electron chi connectivity index (χ1n) is 12.9. The second-order valence-electron chi connectivity index (χ2n) is 13.0. The van der Waals surface area contributed by atoms with Gasteiger partial charge in [0, 0.05) is 23.1 Å². The van der Waals surface area contributed by atoms with E-state index in [4.69, 9.17) is 5.73 Å². The largest absolute Gasteiger partial charge is 0.504 e. The fourth-order valence-corrected chi connectivity index (χ4v) is 9.33. The van der Waals surface area contributed by atoms with Crippen LogP contribution >= 0.6 is 0 Å². The Bertz CT molecular complexity index is 998. The maximum absolute atomic E-state index is 10.8. The molecule has 0 aliphatic heterocycles. The zero-order valence-corrected chi connectivity index (χ0v) is 21.0. The van der Waals surface area contributed by atoms with Crippen molar-refractivity contribution in [1.29, 1.82) is 0 Å². The first-order chi connectivity index (χ1) is 14.9. The molecule has 0 bridgehead atoms. The van der Waals surface area contributed by atoms with Crippen LogP contribution in [0.5, 0.6) is 11.5 Å². The predicted octanol–water partition coefficient (Wildman–Crippen LogP) is 6.81. The molecule has 176 valence electrons. The highest BCUT2D eigenvalue weighted by atomic mass is 16.3. The molecule has 1 aromatic rings. The maximum atomic E-state index is 10.8. The Balaban J connectivity index is 1.68. The molecule has 0 spiro atoms. The molecule has 3 fully saturated rings. The van der Waals surface area contributed by atoms with Gasteiger partial charge >= 0.3 is 0 Å². The standard InChI is InChI=1S/C29H43NO2/c1-17-9-10-26(3)11-13-28(5)21-8-7-19-18(2)24(31)25(32)20(16-30)23(19)27(21,4)12-14-29(28,6)22(26)15-17/h7-8,17,21-22,31-32H,9-16,30H2,1-6H3. The average Bonchev–Trinajstić information content (AvgIpc) is 2.76. The lowest BCUT2D eigenvalue weighted by atomic mass is 9.34. The van der Waals surface area contributed by atoms with Crippen LogP contribution in [0.4, 0.5) is 0 Å². The minimum atomic E-state index is -0.0724. The van der Waals surface area contributed by atoms with Crippen molar-refractivity contribution in [3.8, 4) is 11.5 Å². The Morgan fingerprint density at radius 1 is 0.969 bits per heavy atom. The number of nitrogens with two attached hydrogens (primary N) is 1. The Hall–Kier alpha value is -1.48. The summed E-state index contributed by atoms with van der Waals surface area (Å²) < 4.78 is 0. The van der Waals surface area contributed by atoms with E-state index in [9.17, 15) is 10.2 Å². The Morgan fingerprint density at radius 2 is 1.66 bits per heavy atom. The van der Waals surface area contributed by atoms with E-state index in [1.54, 1.807) is 0 Å². The van der Waals surface area contributed by atoms with Gasteiger partial charge in [-0.1, -0.05) is 53.2 Å². The lowest BCUT2D eigenvalue weighted by Crippen LogP contribution is -2.64. The number of phenolic OH excluding ortho intramolecular Hbond substituents is 2. The molecule has 4 aliphatic carbocycles. The van der Waals surface area contributed by atoms with Crippen LogP contribution in [0, 0.1) is 40.9 Å². The number of benzene rings is 1. The van der Waals surface area contributed by atoms with Crippen molar-refractivity contribution in [3.63, 3.8) is 0 Å². The van der Waals surface area contributed by atoms with Gasteiger partial charge in [0.15, 0.2) is 11.5 Å². The summed E-state index contributed by atoms with van der Waals surface area (Å²) in [5.41, 5.74) is 10.9. The van der Waals surface area contributed by atoms with Gasteiger partial charge in [-0.25, -0.2) is 0 Å². The van der Waals surface area contributed by atoms with E-state index in [0.717, 1.165) is 34.9 Å². The van der Waals surface area contributed by atoms with E-state index in [1.165, 1.54) is 44.1 Å². The number of aromatic hydroxyl groups is 2. The monoisotopic (exact) mass is 437 g/mol. The van der Waals surface area contributed by atoms with Crippen LogP contribution in [0.2, 0.25) is 0 Å². The average molecular weight is 438 g/mol. The molecule has 4 N–H and O–H groups in total. The van der Waals surface area contributed by atoms with E-state index < -0.39 is 0 Å². The Labute approximate surface area is 194 Å². The third-order valence-electron chi connectivity index (χ3n) is 11.6. The van der Waals surface area contributed by atoms with Crippen LogP contribution in [0.3, 0.4) is 0 Å². The van der Waals surface area contributed by atoms with Crippen molar-refractivity contribution in [3.05, 3.63) is 28.3 Å². The van der Waals surface area contributed by atoms with Crippen molar-refractivity contribution < 1.29 is 10.2 Å². The molecular weight excluding hydrogens is 394 g/mol. The quantitative estimate of drug-likeness (QED) is 0.423. The molecule has 5 rings (SSSR count). The third kappa shape index (κ3) is 2.52. The lowest BCUT2D eigenvalue weighted by molar-refractivity contribution is -0.190. The van der Waals surface area contributed by atoms with Crippen molar-refractivity contribution in [2.75, 3.05) is 0 Å². The maximum Gasteiger partial charge on any atom is 0.162 e. The molecule has 4 aliphatic rings. The van der Waals surface area contributed by atoms with Crippen LogP contribution < -0.4 is 5.73 Å². The normalized spacial score (nSPS) is 44.9. The summed E-state index contributed by atoms with van der Waals surface area (Å²) in [4.78, 5) is 0. The number of allylic oxidation sites excluding steroid dienone is 1. The predicted molar refractivity (Wildman–Crippen MR) is 132 cm³/mol. The zero-order valence-electron chi connectivity index (χ0n) is 21.0. The van der Waals surface area contributed by atoms with E-state index in [-0.39, 0.29) is 28.9 Å². The molecule has 3 nitrogen and oxygen atoms in total. The third-order valence-corrected chi connectivity index (χ3v) is 11.6. The van der Waals surface area contributed by atoms with Gasteiger partial charge in [-0.05, 0) is 90.6 Å². The van der Waals surface area contributed by atoms with Crippen molar-refractivity contribution in [2.45, 2.75) is 98.4 Å². The molecule has 32 heavy (non-hydrogen) atoms. The van der Waals surface area contributed by atoms with E-state index in [1.807, 2.05) is 6.92 Å². The van der Waals surface area contributed by atoms with Crippen LogP contribution in [0.15, 0.2) is 6.08 Å². The SMILES string of the molecule is Cc1c(O)c(O)c(CN)c2c1C=CC1C2(C)CCC2(C)C3CC(C)CCC3(C)CCC12C. The summed E-state index contributed by atoms with van der Waals surface area (Å²) in [5.74, 6) is 2.01. The Morgan fingerprint density at radius 3 is 2.34 bits per heavy atom. The van der Waals surface area contributed by atoms with Gasteiger partial charge < -0.3 is 15.9 Å². The fraction of sp³-hybridized carbons (Fsp3) is 0.724. The van der Waals surface area contributed by atoms with Crippen molar-refractivity contribution in [1.82, 2.24) is 0 Å². The summed E-state index contributed by atoms with van der Waals surface area (Å²) in [6.45, 7) is 14.8. The molecule has 0 aromatic heterocycles. The molecule has 7 unspecified atom stereocenters. The first kappa shape index (κ1) is 22.3. The molecule has 0 heterocycles. The van der Waals surface area contributed by atoms with Crippen LogP contribution in [-0.4, -0.2) is 10.2 Å². The second kappa shape index (κ2) is 6.78. The summed E-state index contributed by atoms with van der Waals surface area (Å²) >= 11 is 0. The first-order valence-corrected chi connectivity index (χ1v) is 12.9. The number of hydrogen-bond acceptors (Lipinski definition) is 3. The summed E-state index contributed by atoms with van der Waals surface area (Å²) in [6.07, 6.45) is 13.8. The van der Waals surface area contributed by atoms with Crippen molar-refractivity contribution >= 4 is 6.08 Å². The van der Waals surface area contributed by atoms with Gasteiger partial charge in [-0.15, -0.1) is 0 Å². The number of rotatable bonds is 1. The minimum absolute atomic E-state index is 0.00478. The van der Waals surface area contributed by atoms with Crippen molar-refractivity contribution in [2.24, 2.45) is 39.7 Å². The number of hydrogen-bond donors (Lipinski definition) is 3. The molecule has 0 radical (unpaired) electrons. The molecule has 3 heteroatoms. The number of fused-ring (bicyclic) bond motifs is 7. The summed E-state index contributed by atoms with van der Waals surface area (Å²) in [7, 11) is 0. The molecule has 7 atom stereocenters. The van der Waals surface area contributed by atoms with Crippen LogP contribution in [0.25, 0.3) is 6.08 Å². The zero-order chi connectivity index (χ0) is 23.3. The van der Waals surface area contributed by atoms with Crippen LogP contribution in [0.1, 0.15) is 102 Å². The molecular formula is C29H43NO2. The highest BCUT2D eigenvalue weighted by molar-refractivity contribution is 5.72.